The number of halogens is 2. The number of hydrazine groups is 1. The lowest BCUT2D eigenvalue weighted by molar-refractivity contribution is 0.391. The van der Waals surface area contributed by atoms with Crippen molar-refractivity contribution in [1.82, 2.24) is 15.2 Å². The highest BCUT2D eigenvalue weighted by Gasteiger charge is 2.22. The summed E-state index contributed by atoms with van der Waals surface area (Å²) in [6.45, 7) is 0. The minimum absolute atomic E-state index is 0.0290. The Hall–Kier alpha value is -1.99. The molecule has 0 saturated carbocycles. The average Bonchev–Trinajstić information content (AvgIpc) is 2.80. The molecule has 0 aliphatic rings. The lowest BCUT2D eigenvalue weighted by atomic mass is 10.0. The first kappa shape index (κ1) is 14.4. The molecule has 0 amide bonds. The van der Waals surface area contributed by atoms with E-state index in [1.54, 1.807) is 11.7 Å². The van der Waals surface area contributed by atoms with Crippen LogP contribution in [0.3, 0.4) is 0 Å². The smallest absolute Gasteiger partial charge is 0.161 e. The molecule has 0 saturated heterocycles. The van der Waals surface area contributed by atoms with Gasteiger partial charge in [-0.3, -0.25) is 16.0 Å². The predicted molar refractivity (Wildman–Crippen MR) is 69.9 cm³/mol. The second-order valence-corrected chi connectivity index (χ2v) is 4.35. The molecule has 0 aliphatic carbocycles. The lowest BCUT2D eigenvalue weighted by Gasteiger charge is -2.18. The van der Waals surface area contributed by atoms with Crippen molar-refractivity contribution in [1.29, 1.82) is 0 Å². The van der Waals surface area contributed by atoms with Gasteiger partial charge >= 0.3 is 0 Å². The van der Waals surface area contributed by atoms with Crippen LogP contribution in [0.2, 0.25) is 0 Å². The SMILES string of the molecule is COc1cnn(C)c1C(Cc1c(F)cccc1F)NN. The average molecular weight is 282 g/mol. The summed E-state index contributed by atoms with van der Waals surface area (Å²) in [4.78, 5) is 0. The molecule has 3 N–H and O–H groups in total. The number of aromatic nitrogens is 2. The van der Waals surface area contributed by atoms with Crippen molar-refractivity contribution in [2.24, 2.45) is 12.9 Å². The van der Waals surface area contributed by atoms with Gasteiger partial charge in [0.2, 0.25) is 0 Å². The molecule has 2 aromatic rings. The van der Waals surface area contributed by atoms with Crippen LogP contribution < -0.4 is 16.0 Å². The van der Waals surface area contributed by atoms with Crippen molar-refractivity contribution >= 4 is 0 Å². The Labute approximate surface area is 115 Å². The van der Waals surface area contributed by atoms with Crippen LogP contribution >= 0.6 is 0 Å². The third-order valence-corrected chi connectivity index (χ3v) is 3.17. The maximum atomic E-state index is 13.7. The van der Waals surface area contributed by atoms with E-state index >= 15 is 0 Å². The van der Waals surface area contributed by atoms with Crippen molar-refractivity contribution in [3.63, 3.8) is 0 Å². The van der Waals surface area contributed by atoms with E-state index in [0.29, 0.717) is 11.4 Å². The van der Waals surface area contributed by atoms with E-state index in [2.05, 4.69) is 10.5 Å². The van der Waals surface area contributed by atoms with Gasteiger partial charge in [0.05, 0.1) is 25.0 Å². The number of benzene rings is 1. The largest absolute Gasteiger partial charge is 0.493 e. The molecule has 0 aliphatic heterocycles. The van der Waals surface area contributed by atoms with Gasteiger partial charge in [-0.15, -0.1) is 0 Å². The molecule has 2 rings (SSSR count). The van der Waals surface area contributed by atoms with E-state index in [1.165, 1.54) is 31.5 Å². The van der Waals surface area contributed by atoms with Crippen LogP contribution in [0.4, 0.5) is 8.78 Å². The molecule has 108 valence electrons. The summed E-state index contributed by atoms with van der Waals surface area (Å²) >= 11 is 0. The van der Waals surface area contributed by atoms with Crippen LogP contribution in [0.15, 0.2) is 24.4 Å². The van der Waals surface area contributed by atoms with Crippen molar-refractivity contribution in [3.05, 3.63) is 47.3 Å². The van der Waals surface area contributed by atoms with Gasteiger partial charge in [-0.1, -0.05) is 6.07 Å². The minimum Gasteiger partial charge on any atom is -0.493 e. The molecular formula is C13H16F2N4O. The van der Waals surface area contributed by atoms with E-state index < -0.39 is 17.7 Å². The summed E-state index contributed by atoms with van der Waals surface area (Å²) in [7, 11) is 3.21. The highest BCUT2D eigenvalue weighted by Crippen LogP contribution is 2.28. The Morgan fingerprint density at radius 2 is 2.05 bits per heavy atom. The van der Waals surface area contributed by atoms with E-state index in [-0.39, 0.29) is 12.0 Å². The maximum absolute atomic E-state index is 13.7. The third kappa shape index (κ3) is 2.63. The minimum atomic E-state index is -0.605. The van der Waals surface area contributed by atoms with Gasteiger partial charge in [-0.25, -0.2) is 8.78 Å². The Morgan fingerprint density at radius 1 is 1.40 bits per heavy atom. The monoisotopic (exact) mass is 282 g/mol. The number of nitrogens with zero attached hydrogens (tertiary/aromatic N) is 2. The van der Waals surface area contributed by atoms with Gasteiger partial charge in [0, 0.05) is 19.0 Å². The first-order valence-corrected chi connectivity index (χ1v) is 6.03. The number of nitrogens with one attached hydrogen (secondary N) is 1. The van der Waals surface area contributed by atoms with Crippen LogP contribution in [0.1, 0.15) is 17.3 Å². The Bertz CT molecular complexity index is 580. The van der Waals surface area contributed by atoms with Crippen molar-refractivity contribution in [2.75, 3.05) is 7.11 Å². The quantitative estimate of drug-likeness (QED) is 0.643. The van der Waals surface area contributed by atoms with E-state index in [0.717, 1.165) is 0 Å². The second kappa shape index (κ2) is 5.98. The van der Waals surface area contributed by atoms with Crippen LogP contribution in [-0.2, 0) is 13.5 Å². The van der Waals surface area contributed by atoms with Crippen LogP contribution in [0, 0.1) is 11.6 Å². The molecule has 1 atom stereocenters. The molecule has 7 heteroatoms. The second-order valence-electron chi connectivity index (χ2n) is 4.35. The normalized spacial score (nSPS) is 12.4. The summed E-state index contributed by atoms with van der Waals surface area (Å²) < 4.78 is 34.2. The molecule has 1 aromatic heterocycles. The predicted octanol–water partition coefficient (Wildman–Crippen LogP) is 1.45. The highest BCUT2D eigenvalue weighted by atomic mass is 19.1. The van der Waals surface area contributed by atoms with E-state index in [1.807, 2.05) is 0 Å². The molecule has 5 nitrogen and oxygen atoms in total. The van der Waals surface area contributed by atoms with E-state index in [4.69, 9.17) is 10.6 Å². The van der Waals surface area contributed by atoms with E-state index in [9.17, 15) is 8.78 Å². The summed E-state index contributed by atoms with van der Waals surface area (Å²) in [5.41, 5.74) is 3.14. The molecule has 1 aromatic carbocycles. The van der Waals surface area contributed by atoms with Crippen LogP contribution in [0.25, 0.3) is 0 Å². The maximum Gasteiger partial charge on any atom is 0.161 e. The Kier molecular flexibility index (Phi) is 4.31. The number of nitrogens with two attached hydrogens (primary N) is 1. The van der Waals surface area contributed by atoms with Gasteiger partial charge in [-0.2, -0.15) is 5.10 Å². The first-order valence-electron chi connectivity index (χ1n) is 6.03. The first-order chi connectivity index (χ1) is 9.58. The number of ether oxygens (including phenoxy) is 1. The summed E-state index contributed by atoms with van der Waals surface area (Å²) in [6, 6.07) is 3.23. The molecule has 20 heavy (non-hydrogen) atoms. The number of hydrogen-bond donors (Lipinski definition) is 2. The summed E-state index contributed by atoms with van der Waals surface area (Å²) in [5.74, 6) is 4.81. The highest BCUT2D eigenvalue weighted by molar-refractivity contribution is 5.31. The number of methoxy groups -OCH3 is 1. The molecule has 0 bridgehead atoms. The molecule has 0 fully saturated rings. The van der Waals surface area contributed by atoms with Crippen molar-refractivity contribution in [3.8, 4) is 5.75 Å². The fraction of sp³-hybridized carbons (Fsp3) is 0.308. The topological polar surface area (TPSA) is 65.1 Å². The Morgan fingerprint density at radius 3 is 2.60 bits per heavy atom. The van der Waals surface area contributed by atoms with Gasteiger partial charge in [0.1, 0.15) is 11.6 Å². The zero-order chi connectivity index (χ0) is 14.7. The number of hydrogen-bond acceptors (Lipinski definition) is 4. The zero-order valence-corrected chi connectivity index (χ0v) is 11.2. The standard InChI is InChI=1S/C13H16F2N4O/c1-19-13(12(20-2)7-17-19)11(18-16)6-8-9(14)4-3-5-10(8)15/h3-5,7,11,18H,6,16H2,1-2H3. The number of rotatable bonds is 5. The molecule has 1 unspecified atom stereocenters. The number of aryl methyl sites for hydroxylation is 1. The van der Waals surface area contributed by atoms with Gasteiger partial charge in [0.15, 0.2) is 5.75 Å². The summed E-state index contributed by atoms with van der Waals surface area (Å²) in [6.07, 6.45) is 1.57. The third-order valence-electron chi connectivity index (χ3n) is 3.17. The van der Waals surface area contributed by atoms with Crippen molar-refractivity contribution in [2.45, 2.75) is 12.5 Å². The molecular weight excluding hydrogens is 266 g/mol. The summed E-state index contributed by atoms with van der Waals surface area (Å²) in [5, 5.41) is 4.05. The lowest BCUT2D eigenvalue weighted by Crippen LogP contribution is -2.32. The van der Waals surface area contributed by atoms with Crippen molar-refractivity contribution < 1.29 is 13.5 Å². The van der Waals surface area contributed by atoms with Gasteiger partial charge in [-0.05, 0) is 12.1 Å². The molecule has 1 heterocycles. The van der Waals surface area contributed by atoms with Gasteiger partial charge in [0.25, 0.3) is 0 Å². The van der Waals surface area contributed by atoms with Crippen LogP contribution in [0.5, 0.6) is 5.75 Å². The van der Waals surface area contributed by atoms with Crippen LogP contribution in [-0.4, -0.2) is 16.9 Å². The Balaban J connectivity index is 2.36. The zero-order valence-electron chi connectivity index (χ0n) is 11.2. The molecule has 0 spiro atoms. The fourth-order valence-electron chi connectivity index (χ4n) is 2.15. The van der Waals surface area contributed by atoms with Gasteiger partial charge < -0.3 is 4.74 Å². The molecule has 0 radical (unpaired) electrons. The fourth-order valence-corrected chi connectivity index (χ4v) is 2.15.